The van der Waals surface area contributed by atoms with Crippen LogP contribution in [-0.2, 0) is 0 Å². The Bertz CT molecular complexity index is 600. The van der Waals surface area contributed by atoms with Gasteiger partial charge in [-0.3, -0.25) is 4.99 Å². The SMILES string of the molecule is CCNC(=NCC(O)c1cc(Cl)cc(Cl)c1)NCCN1CCCN(C)CC1.I. The minimum atomic E-state index is -0.752. The molecular formula is C19H32Cl2IN5O. The number of likely N-dealkylation sites (N-methyl/N-ethyl adjacent to an activating group) is 1. The van der Waals surface area contributed by atoms with E-state index in [4.69, 9.17) is 23.2 Å². The summed E-state index contributed by atoms with van der Waals surface area (Å²) in [5, 5.41) is 18.0. The predicted molar refractivity (Wildman–Crippen MR) is 129 cm³/mol. The Kier molecular flexibility index (Phi) is 12.7. The fourth-order valence-corrected chi connectivity index (χ4v) is 3.59. The molecule has 1 unspecified atom stereocenters. The molecule has 2 rings (SSSR count). The van der Waals surface area contributed by atoms with Crippen LogP contribution in [0, 0.1) is 0 Å². The van der Waals surface area contributed by atoms with Gasteiger partial charge in [0.15, 0.2) is 5.96 Å². The van der Waals surface area contributed by atoms with Crippen LogP contribution in [0.2, 0.25) is 10.0 Å². The second-order valence-electron chi connectivity index (χ2n) is 6.86. The Hall–Kier alpha value is -0.320. The van der Waals surface area contributed by atoms with Crippen LogP contribution in [0.25, 0.3) is 0 Å². The molecule has 1 fully saturated rings. The third kappa shape index (κ3) is 9.45. The molecular weight excluding hydrogens is 512 g/mol. The number of aliphatic hydroxyl groups is 1. The average molecular weight is 544 g/mol. The Labute approximate surface area is 195 Å². The van der Waals surface area contributed by atoms with Gasteiger partial charge in [-0.25, -0.2) is 0 Å². The molecule has 28 heavy (non-hydrogen) atoms. The summed E-state index contributed by atoms with van der Waals surface area (Å²) in [4.78, 5) is 9.35. The molecule has 1 aliphatic rings. The van der Waals surface area contributed by atoms with Crippen molar-refractivity contribution in [2.45, 2.75) is 19.4 Å². The number of halogens is 3. The van der Waals surface area contributed by atoms with Gasteiger partial charge in [-0.2, -0.15) is 0 Å². The molecule has 0 bridgehead atoms. The topological polar surface area (TPSA) is 63.1 Å². The second kappa shape index (κ2) is 13.8. The van der Waals surface area contributed by atoms with E-state index in [-0.39, 0.29) is 30.5 Å². The van der Waals surface area contributed by atoms with Gasteiger partial charge < -0.3 is 25.5 Å². The van der Waals surface area contributed by atoms with Crippen molar-refractivity contribution >= 4 is 53.1 Å². The lowest BCUT2D eigenvalue weighted by Crippen LogP contribution is -2.42. The first-order valence-electron chi connectivity index (χ1n) is 9.55. The van der Waals surface area contributed by atoms with E-state index < -0.39 is 6.10 Å². The molecule has 1 heterocycles. The molecule has 0 spiro atoms. The van der Waals surface area contributed by atoms with E-state index in [0.29, 0.717) is 21.6 Å². The van der Waals surface area contributed by atoms with Gasteiger partial charge in [0.2, 0.25) is 0 Å². The van der Waals surface area contributed by atoms with Crippen molar-refractivity contribution in [3.05, 3.63) is 33.8 Å². The number of aliphatic imine (C=N–C) groups is 1. The van der Waals surface area contributed by atoms with Gasteiger partial charge in [0.1, 0.15) is 0 Å². The summed E-state index contributed by atoms with van der Waals surface area (Å²) in [6.45, 7) is 9.32. The fraction of sp³-hybridized carbons (Fsp3) is 0.632. The number of rotatable bonds is 7. The molecule has 1 saturated heterocycles. The lowest BCUT2D eigenvalue weighted by molar-refractivity contribution is 0.187. The van der Waals surface area contributed by atoms with Crippen LogP contribution in [0.5, 0.6) is 0 Å². The van der Waals surface area contributed by atoms with E-state index in [1.54, 1.807) is 18.2 Å². The Morgan fingerprint density at radius 3 is 2.54 bits per heavy atom. The second-order valence-corrected chi connectivity index (χ2v) is 7.74. The van der Waals surface area contributed by atoms with Gasteiger partial charge in [-0.05, 0) is 57.2 Å². The molecule has 1 aromatic carbocycles. The third-order valence-corrected chi connectivity index (χ3v) is 5.01. The van der Waals surface area contributed by atoms with Crippen LogP contribution in [0.4, 0.5) is 0 Å². The minimum absolute atomic E-state index is 0. The molecule has 0 saturated carbocycles. The maximum Gasteiger partial charge on any atom is 0.191 e. The van der Waals surface area contributed by atoms with Crippen LogP contribution in [0.15, 0.2) is 23.2 Å². The number of aliphatic hydroxyl groups excluding tert-OH is 1. The van der Waals surface area contributed by atoms with Crippen molar-refractivity contribution in [3.8, 4) is 0 Å². The Morgan fingerprint density at radius 2 is 1.86 bits per heavy atom. The zero-order valence-corrected chi connectivity index (χ0v) is 20.5. The summed E-state index contributed by atoms with van der Waals surface area (Å²) in [5.74, 6) is 0.705. The Morgan fingerprint density at radius 1 is 1.14 bits per heavy atom. The quantitative estimate of drug-likeness (QED) is 0.280. The fourth-order valence-electron chi connectivity index (χ4n) is 3.05. The average Bonchev–Trinajstić information content (AvgIpc) is 2.83. The molecule has 1 aliphatic heterocycles. The number of guanidine groups is 1. The van der Waals surface area contributed by atoms with Crippen molar-refractivity contribution in [3.63, 3.8) is 0 Å². The third-order valence-electron chi connectivity index (χ3n) is 4.57. The van der Waals surface area contributed by atoms with Gasteiger partial charge in [-0.15, -0.1) is 24.0 Å². The normalized spacial score (nSPS) is 17.5. The lowest BCUT2D eigenvalue weighted by atomic mass is 10.1. The first-order valence-corrected chi connectivity index (χ1v) is 10.3. The molecule has 1 aromatic rings. The van der Waals surface area contributed by atoms with Crippen LogP contribution < -0.4 is 10.6 Å². The molecule has 0 amide bonds. The summed E-state index contributed by atoms with van der Waals surface area (Å²) >= 11 is 12.0. The zero-order valence-electron chi connectivity index (χ0n) is 16.6. The highest BCUT2D eigenvalue weighted by molar-refractivity contribution is 14.0. The summed E-state index contributed by atoms with van der Waals surface area (Å²) < 4.78 is 0. The van der Waals surface area contributed by atoms with Crippen molar-refractivity contribution in [2.24, 2.45) is 4.99 Å². The maximum atomic E-state index is 10.4. The summed E-state index contributed by atoms with van der Waals surface area (Å²) in [6.07, 6.45) is 0.455. The van der Waals surface area contributed by atoms with Gasteiger partial charge >= 0.3 is 0 Å². The molecule has 0 radical (unpaired) electrons. The number of benzene rings is 1. The largest absolute Gasteiger partial charge is 0.386 e. The lowest BCUT2D eigenvalue weighted by Gasteiger charge is -2.21. The summed E-state index contributed by atoms with van der Waals surface area (Å²) in [7, 11) is 2.18. The van der Waals surface area contributed by atoms with E-state index in [0.717, 1.165) is 39.3 Å². The molecule has 9 heteroatoms. The van der Waals surface area contributed by atoms with Gasteiger partial charge in [-0.1, -0.05) is 23.2 Å². The highest BCUT2D eigenvalue weighted by Crippen LogP contribution is 2.23. The number of nitrogens with one attached hydrogen (secondary N) is 2. The number of hydrogen-bond acceptors (Lipinski definition) is 4. The van der Waals surface area contributed by atoms with Gasteiger partial charge in [0.05, 0.1) is 12.6 Å². The van der Waals surface area contributed by atoms with Crippen LogP contribution >= 0.6 is 47.2 Å². The smallest absolute Gasteiger partial charge is 0.191 e. The van der Waals surface area contributed by atoms with Gasteiger partial charge in [0, 0.05) is 42.8 Å². The molecule has 0 aromatic heterocycles. The molecule has 3 N–H and O–H groups in total. The first kappa shape index (κ1) is 25.7. The van der Waals surface area contributed by atoms with Crippen molar-refractivity contribution in [2.75, 3.05) is 59.4 Å². The van der Waals surface area contributed by atoms with Crippen LogP contribution in [0.3, 0.4) is 0 Å². The van der Waals surface area contributed by atoms with Gasteiger partial charge in [0.25, 0.3) is 0 Å². The summed E-state index contributed by atoms with van der Waals surface area (Å²) in [5.41, 5.74) is 0.667. The zero-order chi connectivity index (χ0) is 19.6. The van der Waals surface area contributed by atoms with Crippen molar-refractivity contribution < 1.29 is 5.11 Å². The van der Waals surface area contributed by atoms with Crippen molar-refractivity contribution in [1.29, 1.82) is 0 Å². The maximum absolute atomic E-state index is 10.4. The molecule has 1 atom stereocenters. The van der Waals surface area contributed by atoms with E-state index in [2.05, 4.69) is 32.5 Å². The Balaban J connectivity index is 0.00000392. The molecule has 6 nitrogen and oxygen atoms in total. The van der Waals surface area contributed by atoms with Crippen LogP contribution in [-0.4, -0.2) is 80.3 Å². The summed E-state index contributed by atoms with van der Waals surface area (Å²) in [6, 6.07) is 5.07. The van der Waals surface area contributed by atoms with E-state index >= 15 is 0 Å². The highest BCUT2D eigenvalue weighted by Gasteiger charge is 2.12. The monoisotopic (exact) mass is 543 g/mol. The number of hydrogen-bond donors (Lipinski definition) is 3. The van der Waals surface area contributed by atoms with E-state index in [1.165, 1.54) is 13.0 Å². The standard InChI is InChI=1S/C19H31Cl2N5O.HI/c1-3-22-19(23-5-8-26-7-4-6-25(2)9-10-26)24-14-18(27)15-11-16(20)13-17(21)12-15;/h11-13,18,27H,3-10,14H2,1-2H3,(H2,22,23,24);1H. The molecule has 160 valence electrons. The van der Waals surface area contributed by atoms with Crippen molar-refractivity contribution in [1.82, 2.24) is 20.4 Å². The molecule has 0 aliphatic carbocycles. The number of nitrogens with zero attached hydrogens (tertiary/aromatic N) is 3. The highest BCUT2D eigenvalue weighted by atomic mass is 127. The van der Waals surface area contributed by atoms with Crippen LogP contribution in [0.1, 0.15) is 25.0 Å². The van der Waals surface area contributed by atoms with E-state index in [1.807, 2.05) is 6.92 Å². The predicted octanol–water partition coefficient (Wildman–Crippen LogP) is 2.84. The first-order chi connectivity index (χ1) is 13.0. The minimum Gasteiger partial charge on any atom is -0.386 e. The van der Waals surface area contributed by atoms with E-state index in [9.17, 15) is 5.11 Å².